The summed E-state index contributed by atoms with van der Waals surface area (Å²) in [5.74, 6) is 0.710. The quantitative estimate of drug-likeness (QED) is 0.717. The standard InChI is InChI=1S/C19H16Cl2N4O4S/c20-11-8-14(21)17(22-9-11)28-12-3-5-19(6-4-12)13-7-10(16-24-29-30(27)25-16)1-2-15(13)23-18(19)26/h1-2,7-9,12H,3-6H2,(H,23,26)(H,24,25). The first-order chi connectivity index (χ1) is 14.4. The van der Waals surface area contributed by atoms with Crippen LogP contribution in [0.1, 0.15) is 36.8 Å². The molecule has 1 aliphatic carbocycles. The Kier molecular flexibility index (Phi) is 4.93. The lowest BCUT2D eigenvalue weighted by atomic mass is 9.69. The summed E-state index contributed by atoms with van der Waals surface area (Å²) in [5, 5.41) is 3.79. The molecule has 11 heteroatoms. The molecule has 156 valence electrons. The van der Waals surface area contributed by atoms with E-state index in [4.69, 9.17) is 32.2 Å². The van der Waals surface area contributed by atoms with Crippen LogP contribution in [0.15, 0.2) is 34.9 Å². The molecule has 0 saturated heterocycles. The Hall–Kier alpha value is -2.20. The molecule has 0 radical (unpaired) electrons. The number of nitrogens with zero attached hydrogens (tertiary/aromatic N) is 2. The molecule has 1 saturated carbocycles. The number of anilines is 1. The Balaban J connectivity index is 1.37. The number of amides is 1. The summed E-state index contributed by atoms with van der Waals surface area (Å²) in [6, 6.07) is 7.14. The number of ether oxygens (including phenoxy) is 1. The van der Waals surface area contributed by atoms with Gasteiger partial charge in [-0.2, -0.15) is 4.28 Å². The predicted octanol–water partition coefficient (Wildman–Crippen LogP) is 3.46. The minimum absolute atomic E-state index is 0.0168. The second-order valence-corrected chi connectivity index (χ2v) is 9.02. The highest BCUT2D eigenvalue weighted by molar-refractivity contribution is 7.79. The molecule has 1 spiro atoms. The Bertz CT molecular complexity index is 1100. The summed E-state index contributed by atoms with van der Waals surface area (Å²) >= 11 is 10.3. The van der Waals surface area contributed by atoms with Crippen molar-refractivity contribution in [3.8, 4) is 5.88 Å². The van der Waals surface area contributed by atoms with Gasteiger partial charge in [-0.05, 0) is 55.5 Å². The van der Waals surface area contributed by atoms with E-state index in [9.17, 15) is 9.00 Å². The molecule has 1 aromatic heterocycles. The van der Waals surface area contributed by atoms with Crippen LogP contribution in [0.25, 0.3) is 0 Å². The monoisotopic (exact) mass is 466 g/mol. The van der Waals surface area contributed by atoms with Crippen molar-refractivity contribution in [3.63, 3.8) is 0 Å². The molecule has 8 nitrogen and oxygen atoms in total. The summed E-state index contributed by atoms with van der Waals surface area (Å²) in [5.41, 5.74) is 4.33. The number of hydrogen-bond acceptors (Lipinski definition) is 6. The van der Waals surface area contributed by atoms with Gasteiger partial charge in [0.1, 0.15) is 11.1 Å². The van der Waals surface area contributed by atoms with Gasteiger partial charge in [-0.1, -0.05) is 23.2 Å². The number of carbonyl (C=O) groups excluding carboxylic acids is 1. The minimum Gasteiger partial charge on any atom is -0.473 e. The van der Waals surface area contributed by atoms with Gasteiger partial charge >= 0.3 is 11.3 Å². The fourth-order valence-electron chi connectivity index (χ4n) is 4.20. The number of fused-ring (bicyclic) bond motifs is 2. The number of benzene rings is 1. The van der Waals surface area contributed by atoms with Crippen molar-refractivity contribution in [3.05, 3.63) is 51.6 Å². The number of hydroxylamine groups is 1. The highest BCUT2D eigenvalue weighted by Crippen LogP contribution is 2.48. The fourth-order valence-corrected chi connectivity index (χ4v) is 5.11. The molecule has 1 atom stereocenters. The van der Waals surface area contributed by atoms with Crippen molar-refractivity contribution in [1.82, 2.24) is 10.5 Å². The average Bonchev–Trinajstić information content (AvgIpc) is 3.27. The van der Waals surface area contributed by atoms with E-state index < -0.39 is 16.7 Å². The van der Waals surface area contributed by atoms with Crippen molar-refractivity contribution in [2.45, 2.75) is 37.2 Å². The van der Waals surface area contributed by atoms with Gasteiger partial charge in [0, 0.05) is 17.4 Å². The first-order valence-electron chi connectivity index (χ1n) is 9.33. The second-order valence-electron chi connectivity index (χ2n) is 7.40. The van der Waals surface area contributed by atoms with Crippen LogP contribution >= 0.6 is 23.2 Å². The van der Waals surface area contributed by atoms with Crippen LogP contribution in [0.2, 0.25) is 10.0 Å². The second kappa shape index (κ2) is 7.49. The zero-order chi connectivity index (χ0) is 20.9. The molecule has 1 aromatic carbocycles. The summed E-state index contributed by atoms with van der Waals surface area (Å²) in [6.07, 6.45) is 3.97. The number of carbonyl (C=O) groups is 1. The van der Waals surface area contributed by atoms with E-state index in [1.165, 1.54) is 6.20 Å². The highest BCUT2D eigenvalue weighted by atomic mass is 35.5. The molecule has 1 fully saturated rings. The number of aromatic nitrogens is 1. The van der Waals surface area contributed by atoms with Crippen LogP contribution in [0, 0.1) is 0 Å². The topological polar surface area (TPSA) is 102 Å². The first-order valence-corrected chi connectivity index (χ1v) is 11.1. The maximum absolute atomic E-state index is 12.9. The van der Waals surface area contributed by atoms with E-state index in [-0.39, 0.29) is 12.0 Å². The fraction of sp³-hybridized carbons (Fsp3) is 0.316. The number of amidine groups is 1. The lowest BCUT2D eigenvalue weighted by Gasteiger charge is -2.35. The Labute approximate surface area is 184 Å². The van der Waals surface area contributed by atoms with Crippen LogP contribution in [0.4, 0.5) is 5.69 Å². The number of pyridine rings is 1. The molecule has 0 bridgehead atoms. The third-order valence-corrected chi connectivity index (χ3v) is 6.74. The molecular formula is C19H16Cl2N4O4S. The Morgan fingerprint density at radius 2 is 2.03 bits per heavy atom. The van der Waals surface area contributed by atoms with Gasteiger partial charge < -0.3 is 10.1 Å². The lowest BCUT2D eigenvalue weighted by Crippen LogP contribution is -2.41. The van der Waals surface area contributed by atoms with E-state index in [2.05, 4.69) is 20.2 Å². The SMILES string of the molecule is O=C1Nc2ccc(C3=NS(=O)ON3)cc2C12CCC(Oc1ncc(Cl)cc1Cl)CC2. The van der Waals surface area contributed by atoms with Gasteiger partial charge in [0.05, 0.1) is 10.4 Å². The number of halogens is 2. The molecule has 2 N–H and O–H groups in total. The van der Waals surface area contributed by atoms with Crippen molar-refractivity contribution in [2.75, 3.05) is 5.32 Å². The Morgan fingerprint density at radius 1 is 1.23 bits per heavy atom. The molecular weight excluding hydrogens is 451 g/mol. The maximum Gasteiger partial charge on any atom is 0.309 e. The van der Waals surface area contributed by atoms with Crippen LogP contribution in [0.3, 0.4) is 0 Å². The molecule has 30 heavy (non-hydrogen) atoms. The summed E-state index contributed by atoms with van der Waals surface area (Å²) in [4.78, 5) is 17.1. The van der Waals surface area contributed by atoms with Crippen LogP contribution < -0.4 is 15.5 Å². The maximum atomic E-state index is 12.9. The summed E-state index contributed by atoms with van der Waals surface area (Å²) < 4.78 is 26.0. The molecule has 3 heterocycles. The molecule has 3 aliphatic rings. The van der Waals surface area contributed by atoms with E-state index in [1.54, 1.807) is 12.1 Å². The third-order valence-electron chi connectivity index (χ3n) is 5.71. The van der Waals surface area contributed by atoms with Gasteiger partial charge in [0.2, 0.25) is 11.8 Å². The summed E-state index contributed by atoms with van der Waals surface area (Å²) in [7, 11) is 0. The van der Waals surface area contributed by atoms with E-state index in [0.717, 1.165) is 11.3 Å². The first kappa shape index (κ1) is 19.7. The van der Waals surface area contributed by atoms with Gasteiger partial charge in [0.15, 0.2) is 5.84 Å². The molecule has 2 aliphatic heterocycles. The van der Waals surface area contributed by atoms with Crippen molar-refractivity contribution in [2.24, 2.45) is 4.40 Å². The lowest BCUT2D eigenvalue weighted by molar-refractivity contribution is -0.122. The zero-order valence-electron chi connectivity index (χ0n) is 15.5. The van der Waals surface area contributed by atoms with Crippen LogP contribution in [-0.2, 0) is 25.8 Å². The van der Waals surface area contributed by atoms with Crippen LogP contribution in [0.5, 0.6) is 5.88 Å². The third kappa shape index (κ3) is 3.35. The van der Waals surface area contributed by atoms with Gasteiger partial charge in [-0.3, -0.25) is 4.79 Å². The van der Waals surface area contributed by atoms with E-state index in [0.29, 0.717) is 53.0 Å². The predicted molar refractivity (Wildman–Crippen MR) is 113 cm³/mol. The minimum atomic E-state index is -1.75. The number of rotatable bonds is 3. The molecule has 1 amide bonds. The van der Waals surface area contributed by atoms with Crippen LogP contribution in [-0.4, -0.2) is 27.0 Å². The highest BCUT2D eigenvalue weighted by Gasteiger charge is 2.49. The van der Waals surface area contributed by atoms with Gasteiger partial charge in [-0.25, -0.2) is 14.7 Å². The number of hydrogen-bond donors (Lipinski definition) is 2. The largest absolute Gasteiger partial charge is 0.473 e. The molecule has 2 aromatic rings. The Morgan fingerprint density at radius 3 is 2.73 bits per heavy atom. The number of nitrogens with one attached hydrogen (secondary N) is 2. The van der Waals surface area contributed by atoms with E-state index >= 15 is 0 Å². The van der Waals surface area contributed by atoms with Gasteiger partial charge in [0.25, 0.3) is 0 Å². The average molecular weight is 467 g/mol. The molecule has 5 rings (SSSR count). The zero-order valence-corrected chi connectivity index (χ0v) is 17.8. The van der Waals surface area contributed by atoms with Crippen molar-refractivity contribution in [1.29, 1.82) is 0 Å². The van der Waals surface area contributed by atoms with E-state index in [1.807, 2.05) is 12.1 Å². The normalized spacial score (nSPS) is 27.4. The van der Waals surface area contributed by atoms with Gasteiger partial charge in [-0.15, -0.1) is 4.40 Å². The summed E-state index contributed by atoms with van der Waals surface area (Å²) in [6.45, 7) is 0. The van der Waals surface area contributed by atoms with Crippen molar-refractivity contribution >= 4 is 51.9 Å². The molecule has 1 unspecified atom stereocenters. The smallest absolute Gasteiger partial charge is 0.309 e. The van der Waals surface area contributed by atoms with Crippen molar-refractivity contribution < 1.29 is 18.0 Å².